The first-order valence-corrected chi connectivity index (χ1v) is 6.68. The molecule has 0 aliphatic carbocycles. The molecule has 0 fully saturated rings. The fourth-order valence-corrected chi connectivity index (χ4v) is 2.19. The molecule has 20 heavy (non-hydrogen) atoms. The van der Waals surface area contributed by atoms with E-state index >= 15 is 0 Å². The number of halogens is 2. The third kappa shape index (κ3) is 4.79. The lowest BCUT2D eigenvalue weighted by atomic mass is 10.2. The van der Waals surface area contributed by atoms with Gasteiger partial charge in [-0.2, -0.15) is 0 Å². The van der Waals surface area contributed by atoms with Gasteiger partial charge in [-0.25, -0.2) is 4.98 Å². The third-order valence-corrected chi connectivity index (χ3v) is 3.28. The van der Waals surface area contributed by atoms with Gasteiger partial charge in [0.2, 0.25) is 0 Å². The summed E-state index contributed by atoms with van der Waals surface area (Å²) < 4.78 is 0. The van der Waals surface area contributed by atoms with E-state index in [4.69, 9.17) is 5.73 Å². The van der Waals surface area contributed by atoms with Gasteiger partial charge in [-0.05, 0) is 26.0 Å². The summed E-state index contributed by atoms with van der Waals surface area (Å²) in [6, 6.07) is 1.81. The SMILES string of the molecule is Cc1nc(-c2c[nH]c(C(=O)NCCCN)c2)cs1.Cl.Cl. The van der Waals surface area contributed by atoms with E-state index < -0.39 is 0 Å². The van der Waals surface area contributed by atoms with Gasteiger partial charge >= 0.3 is 0 Å². The summed E-state index contributed by atoms with van der Waals surface area (Å²) in [4.78, 5) is 19.1. The van der Waals surface area contributed by atoms with E-state index in [0.29, 0.717) is 18.8 Å². The molecule has 0 radical (unpaired) electrons. The summed E-state index contributed by atoms with van der Waals surface area (Å²) >= 11 is 1.59. The van der Waals surface area contributed by atoms with Crippen molar-refractivity contribution in [1.29, 1.82) is 0 Å². The maximum Gasteiger partial charge on any atom is 0.267 e. The van der Waals surface area contributed by atoms with Crippen LogP contribution in [-0.4, -0.2) is 29.0 Å². The molecule has 0 saturated heterocycles. The second-order valence-electron chi connectivity index (χ2n) is 3.95. The van der Waals surface area contributed by atoms with E-state index in [-0.39, 0.29) is 30.7 Å². The molecule has 5 nitrogen and oxygen atoms in total. The molecule has 2 aromatic rings. The molecule has 2 aromatic heterocycles. The van der Waals surface area contributed by atoms with E-state index in [9.17, 15) is 4.79 Å². The first-order valence-electron chi connectivity index (χ1n) is 5.80. The van der Waals surface area contributed by atoms with Crippen LogP contribution >= 0.6 is 36.2 Å². The first kappa shape index (κ1) is 18.9. The van der Waals surface area contributed by atoms with Gasteiger partial charge in [-0.3, -0.25) is 4.79 Å². The summed E-state index contributed by atoms with van der Waals surface area (Å²) in [7, 11) is 0. The number of carbonyl (C=O) groups excluding carboxylic acids is 1. The molecule has 2 heterocycles. The first-order chi connectivity index (χ1) is 8.70. The minimum atomic E-state index is -0.110. The van der Waals surface area contributed by atoms with Crippen LogP contribution in [0.25, 0.3) is 11.3 Å². The predicted octanol–water partition coefficient (Wildman–Crippen LogP) is 2.37. The molecule has 0 aliphatic rings. The van der Waals surface area contributed by atoms with E-state index in [1.165, 1.54) is 0 Å². The highest BCUT2D eigenvalue weighted by Crippen LogP contribution is 2.22. The largest absolute Gasteiger partial charge is 0.357 e. The van der Waals surface area contributed by atoms with Crippen LogP contribution in [0.3, 0.4) is 0 Å². The minimum absolute atomic E-state index is 0. The van der Waals surface area contributed by atoms with Crippen LogP contribution in [0.2, 0.25) is 0 Å². The van der Waals surface area contributed by atoms with Gasteiger partial charge in [-0.1, -0.05) is 0 Å². The Labute approximate surface area is 134 Å². The zero-order valence-corrected chi connectivity index (χ0v) is 13.5. The zero-order chi connectivity index (χ0) is 13.0. The number of amides is 1. The number of hydrogen-bond donors (Lipinski definition) is 3. The smallest absolute Gasteiger partial charge is 0.267 e. The van der Waals surface area contributed by atoms with Gasteiger partial charge in [0.25, 0.3) is 5.91 Å². The summed E-state index contributed by atoms with van der Waals surface area (Å²) in [5, 5.41) is 5.80. The van der Waals surface area contributed by atoms with Crippen LogP contribution in [0.15, 0.2) is 17.6 Å². The number of nitrogens with zero attached hydrogens (tertiary/aromatic N) is 1. The van der Waals surface area contributed by atoms with E-state index in [2.05, 4.69) is 15.3 Å². The Morgan fingerprint density at radius 3 is 2.85 bits per heavy atom. The van der Waals surface area contributed by atoms with Gasteiger partial charge in [0, 0.05) is 23.7 Å². The lowest BCUT2D eigenvalue weighted by Gasteiger charge is -2.01. The molecule has 2 rings (SSSR count). The van der Waals surface area contributed by atoms with Gasteiger partial charge in [0.15, 0.2) is 0 Å². The highest BCUT2D eigenvalue weighted by molar-refractivity contribution is 7.09. The van der Waals surface area contributed by atoms with Crippen molar-refractivity contribution in [2.45, 2.75) is 13.3 Å². The van der Waals surface area contributed by atoms with Crippen LogP contribution in [0.5, 0.6) is 0 Å². The summed E-state index contributed by atoms with van der Waals surface area (Å²) in [6.45, 7) is 3.13. The topological polar surface area (TPSA) is 83.8 Å². The number of H-pyrrole nitrogens is 1. The minimum Gasteiger partial charge on any atom is -0.357 e. The Kier molecular flexibility index (Phi) is 8.48. The maximum absolute atomic E-state index is 11.8. The van der Waals surface area contributed by atoms with Gasteiger partial charge < -0.3 is 16.0 Å². The number of nitrogens with two attached hydrogens (primary N) is 1. The van der Waals surface area contributed by atoms with Crippen molar-refractivity contribution in [2.24, 2.45) is 5.73 Å². The van der Waals surface area contributed by atoms with Gasteiger partial charge in [-0.15, -0.1) is 36.2 Å². The summed E-state index contributed by atoms with van der Waals surface area (Å²) in [5.74, 6) is -0.110. The van der Waals surface area contributed by atoms with Crippen LogP contribution in [0.4, 0.5) is 0 Å². The molecular weight excluding hydrogens is 319 g/mol. The number of thiazole rings is 1. The monoisotopic (exact) mass is 336 g/mol. The van der Waals surface area contributed by atoms with Crippen molar-refractivity contribution >= 4 is 42.1 Å². The molecule has 0 bridgehead atoms. The summed E-state index contributed by atoms with van der Waals surface area (Å²) in [6.07, 6.45) is 2.58. The number of aromatic nitrogens is 2. The molecule has 4 N–H and O–H groups in total. The number of aromatic amines is 1. The van der Waals surface area contributed by atoms with Crippen LogP contribution in [0.1, 0.15) is 21.9 Å². The molecule has 0 saturated carbocycles. The second kappa shape index (κ2) is 8.97. The quantitative estimate of drug-likeness (QED) is 0.733. The van der Waals surface area contributed by atoms with Crippen molar-refractivity contribution in [3.05, 3.63) is 28.3 Å². The molecule has 8 heteroatoms. The van der Waals surface area contributed by atoms with Crippen LogP contribution in [-0.2, 0) is 0 Å². The van der Waals surface area contributed by atoms with Crippen molar-refractivity contribution in [3.8, 4) is 11.3 Å². The third-order valence-electron chi connectivity index (χ3n) is 2.51. The lowest BCUT2D eigenvalue weighted by molar-refractivity contribution is 0.0949. The Bertz CT molecular complexity index is 541. The molecule has 1 amide bonds. The van der Waals surface area contributed by atoms with Crippen molar-refractivity contribution in [2.75, 3.05) is 13.1 Å². The zero-order valence-electron chi connectivity index (χ0n) is 11.0. The van der Waals surface area contributed by atoms with E-state index in [1.54, 1.807) is 17.5 Å². The lowest BCUT2D eigenvalue weighted by Crippen LogP contribution is -2.26. The number of nitrogens with one attached hydrogen (secondary N) is 2. The van der Waals surface area contributed by atoms with E-state index in [1.807, 2.05) is 18.4 Å². The average molecular weight is 337 g/mol. The van der Waals surface area contributed by atoms with Crippen LogP contribution < -0.4 is 11.1 Å². The highest BCUT2D eigenvalue weighted by Gasteiger charge is 2.10. The predicted molar refractivity (Wildman–Crippen MR) is 87.1 cm³/mol. The normalized spacial score (nSPS) is 9.50. The number of rotatable bonds is 5. The average Bonchev–Trinajstić information content (AvgIpc) is 2.97. The van der Waals surface area contributed by atoms with E-state index in [0.717, 1.165) is 22.7 Å². The van der Waals surface area contributed by atoms with Gasteiger partial charge in [0.05, 0.1) is 10.7 Å². The van der Waals surface area contributed by atoms with Crippen LogP contribution in [0, 0.1) is 6.92 Å². The fraction of sp³-hybridized carbons (Fsp3) is 0.333. The number of hydrogen-bond acceptors (Lipinski definition) is 4. The number of carbonyl (C=O) groups is 1. The Morgan fingerprint density at radius 2 is 2.25 bits per heavy atom. The Morgan fingerprint density at radius 1 is 1.50 bits per heavy atom. The second-order valence-corrected chi connectivity index (χ2v) is 5.01. The molecular formula is C12H18Cl2N4OS. The summed E-state index contributed by atoms with van der Waals surface area (Å²) in [5.41, 5.74) is 7.75. The molecule has 0 spiro atoms. The maximum atomic E-state index is 11.8. The molecule has 112 valence electrons. The van der Waals surface area contributed by atoms with Crippen molar-refractivity contribution < 1.29 is 4.79 Å². The molecule has 0 atom stereocenters. The Balaban J connectivity index is 0.00000180. The molecule has 0 aromatic carbocycles. The van der Waals surface area contributed by atoms with Crippen molar-refractivity contribution in [3.63, 3.8) is 0 Å². The highest BCUT2D eigenvalue weighted by atomic mass is 35.5. The van der Waals surface area contributed by atoms with Crippen molar-refractivity contribution in [1.82, 2.24) is 15.3 Å². The standard InChI is InChI=1S/C12H16N4OS.2ClH/c1-8-16-11(7-18-8)9-5-10(15-6-9)12(17)14-4-2-3-13;;/h5-7,15H,2-4,13H2,1H3,(H,14,17);2*1H. The molecule has 0 unspecified atom stereocenters. The number of aryl methyl sites for hydroxylation is 1. The van der Waals surface area contributed by atoms with Gasteiger partial charge in [0.1, 0.15) is 5.69 Å². The fourth-order valence-electron chi connectivity index (χ4n) is 1.57. The Hall–Kier alpha value is -1.08. The molecule has 0 aliphatic heterocycles.